The average Bonchev–Trinajstić information content (AvgIpc) is 3.55. The highest BCUT2D eigenvalue weighted by molar-refractivity contribution is 5.93. The molecule has 0 bridgehead atoms. The molecular weight excluding hydrogens is 592 g/mol. The van der Waals surface area contributed by atoms with Crippen LogP contribution in [0.1, 0.15) is 34.6 Å². The van der Waals surface area contributed by atoms with Gasteiger partial charge in [-0.2, -0.15) is 0 Å². The van der Waals surface area contributed by atoms with Gasteiger partial charge in [-0.3, -0.25) is 9.59 Å². The molecule has 10 heteroatoms. The average molecular weight is 625 g/mol. The Morgan fingerprint density at radius 2 is 1.72 bits per heavy atom. The van der Waals surface area contributed by atoms with E-state index in [0.717, 1.165) is 17.7 Å². The Hall–Kier alpha value is -5.64. The summed E-state index contributed by atoms with van der Waals surface area (Å²) in [4.78, 5) is 26.0. The van der Waals surface area contributed by atoms with E-state index in [1.807, 2.05) is 12.1 Å². The zero-order chi connectivity index (χ0) is 32.4. The molecule has 0 unspecified atom stereocenters. The number of hydrogen-bond acceptors (Lipinski definition) is 10. The van der Waals surface area contributed by atoms with E-state index in [2.05, 4.69) is 6.07 Å². The van der Waals surface area contributed by atoms with E-state index >= 15 is 0 Å². The highest BCUT2D eigenvalue weighted by atomic mass is 16.5. The molecule has 1 atom stereocenters. The van der Waals surface area contributed by atoms with Crippen molar-refractivity contribution in [3.05, 3.63) is 105 Å². The Kier molecular flexibility index (Phi) is 8.43. The minimum Gasteiger partial charge on any atom is -0.504 e. The lowest BCUT2D eigenvalue weighted by Crippen LogP contribution is -2.13. The van der Waals surface area contributed by atoms with Crippen molar-refractivity contribution in [3.63, 3.8) is 0 Å². The van der Waals surface area contributed by atoms with Crippen LogP contribution in [0.15, 0.2) is 82.0 Å². The Balaban J connectivity index is 1.40. The third-order valence-electron chi connectivity index (χ3n) is 8.13. The van der Waals surface area contributed by atoms with Crippen LogP contribution in [0, 0.1) is 0 Å². The summed E-state index contributed by atoms with van der Waals surface area (Å²) in [5.74, 6) is -2.25. The summed E-state index contributed by atoms with van der Waals surface area (Å²) in [6.07, 6.45) is 1.22. The molecule has 6 rings (SSSR count). The fourth-order valence-corrected chi connectivity index (χ4v) is 5.77. The first-order valence-electron chi connectivity index (χ1n) is 14.7. The number of hydrogen-bond donors (Lipinski definition) is 3. The molecule has 0 saturated heterocycles. The molecule has 4 aromatic carbocycles. The minimum absolute atomic E-state index is 0.0816. The monoisotopic (exact) mass is 624 g/mol. The van der Waals surface area contributed by atoms with Crippen LogP contribution in [0.4, 0.5) is 0 Å². The summed E-state index contributed by atoms with van der Waals surface area (Å²) in [7, 11) is 2.71. The molecule has 46 heavy (non-hydrogen) atoms. The molecule has 0 saturated carbocycles. The maximum Gasteiger partial charge on any atom is 0.306 e. The minimum atomic E-state index is -1.01. The van der Waals surface area contributed by atoms with Crippen molar-refractivity contribution in [1.29, 1.82) is 0 Å². The Morgan fingerprint density at radius 3 is 2.48 bits per heavy atom. The number of methoxy groups -OCH3 is 2. The fourth-order valence-electron chi connectivity index (χ4n) is 5.77. The van der Waals surface area contributed by atoms with Crippen LogP contribution in [0.2, 0.25) is 0 Å². The first-order valence-corrected chi connectivity index (χ1v) is 14.7. The number of carbonyl (C=O) groups excluding carboxylic acids is 1. The maximum atomic E-state index is 13.3. The highest BCUT2D eigenvalue weighted by Crippen LogP contribution is 2.50. The van der Waals surface area contributed by atoms with E-state index in [0.29, 0.717) is 42.3 Å². The Morgan fingerprint density at radius 1 is 0.913 bits per heavy atom. The van der Waals surface area contributed by atoms with Crippen molar-refractivity contribution < 1.29 is 43.5 Å². The maximum absolute atomic E-state index is 13.3. The molecule has 0 amide bonds. The van der Waals surface area contributed by atoms with Crippen molar-refractivity contribution in [2.24, 2.45) is 0 Å². The van der Waals surface area contributed by atoms with Crippen LogP contribution in [0.5, 0.6) is 34.5 Å². The Bertz CT molecular complexity index is 1980. The number of fused-ring (bicyclic) bond motifs is 2. The molecular formula is C36H32O10. The van der Waals surface area contributed by atoms with Gasteiger partial charge in [0.1, 0.15) is 22.5 Å². The van der Waals surface area contributed by atoms with E-state index in [9.17, 15) is 24.9 Å². The summed E-state index contributed by atoms with van der Waals surface area (Å²) >= 11 is 0. The van der Waals surface area contributed by atoms with Gasteiger partial charge in [0.15, 0.2) is 28.4 Å². The number of benzene rings is 4. The van der Waals surface area contributed by atoms with Gasteiger partial charge in [-0.05, 0) is 34.9 Å². The number of esters is 1. The van der Waals surface area contributed by atoms with Gasteiger partial charge in [-0.1, -0.05) is 48.5 Å². The van der Waals surface area contributed by atoms with Crippen LogP contribution in [0.3, 0.4) is 0 Å². The Labute approximate surface area is 264 Å². The molecule has 5 aromatic rings. The number of ether oxygens (including phenoxy) is 4. The molecule has 1 aliphatic rings. The molecule has 1 aliphatic heterocycles. The summed E-state index contributed by atoms with van der Waals surface area (Å²) in [6.45, 7) is 1.05. The lowest BCUT2D eigenvalue weighted by molar-refractivity contribution is -0.140. The predicted octanol–water partition coefficient (Wildman–Crippen LogP) is 5.84. The van der Waals surface area contributed by atoms with E-state index in [1.54, 1.807) is 48.5 Å². The van der Waals surface area contributed by atoms with E-state index < -0.39 is 34.6 Å². The molecule has 0 fully saturated rings. The number of rotatable bonds is 10. The normalized spacial score (nSPS) is 12.7. The molecule has 1 aromatic heterocycles. The summed E-state index contributed by atoms with van der Waals surface area (Å²) in [5, 5.41) is 32.3. The number of carbonyl (C=O) groups is 1. The molecule has 10 nitrogen and oxygen atoms in total. The number of aromatic hydroxyl groups is 3. The third kappa shape index (κ3) is 5.77. The molecule has 236 valence electrons. The predicted molar refractivity (Wildman–Crippen MR) is 169 cm³/mol. The largest absolute Gasteiger partial charge is 0.504 e. The van der Waals surface area contributed by atoms with E-state index in [1.165, 1.54) is 25.8 Å². The van der Waals surface area contributed by atoms with Crippen LogP contribution in [-0.4, -0.2) is 48.7 Å². The van der Waals surface area contributed by atoms with Gasteiger partial charge in [0.05, 0.1) is 33.9 Å². The van der Waals surface area contributed by atoms with Crippen molar-refractivity contribution in [2.45, 2.75) is 25.2 Å². The quantitative estimate of drug-likeness (QED) is 0.128. The second-order valence-corrected chi connectivity index (χ2v) is 10.9. The van der Waals surface area contributed by atoms with Crippen molar-refractivity contribution >= 4 is 16.9 Å². The standard InChI is InChI=1S/C36H32O10/c1-42-29-17-22(9-11-27(29)45-14-12-20-8-10-26-23(16-20)13-15-44-26)24(18-30(38)43-2)31-33(39)35(41)34(40)32-25(37)19-28(46-36(31)32)21-6-4-3-5-7-21/h3-11,16-17,19,24,39-41H,12-15,18H2,1-2H3/t24-/m1/s1. The van der Waals surface area contributed by atoms with Crippen LogP contribution < -0.4 is 19.6 Å². The zero-order valence-corrected chi connectivity index (χ0v) is 25.2. The molecule has 0 spiro atoms. The van der Waals surface area contributed by atoms with Gasteiger partial charge in [0, 0.05) is 36.0 Å². The van der Waals surface area contributed by atoms with Crippen molar-refractivity contribution in [2.75, 3.05) is 27.4 Å². The molecule has 0 aliphatic carbocycles. The number of phenolic OH excluding ortho intramolecular Hbond substituents is 3. The van der Waals surface area contributed by atoms with Gasteiger partial charge in [0.25, 0.3) is 0 Å². The lowest BCUT2D eigenvalue weighted by Gasteiger charge is -2.22. The lowest BCUT2D eigenvalue weighted by atomic mass is 9.86. The fraction of sp³-hybridized carbons (Fsp3) is 0.222. The summed E-state index contributed by atoms with van der Waals surface area (Å²) < 4.78 is 28.4. The van der Waals surface area contributed by atoms with Gasteiger partial charge in [-0.25, -0.2) is 0 Å². The molecule has 2 heterocycles. The first kappa shape index (κ1) is 30.4. The van der Waals surface area contributed by atoms with Crippen molar-refractivity contribution in [1.82, 2.24) is 0 Å². The first-order chi connectivity index (χ1) is 22.3. The van der Waals surface area contributed by atoms with Gasteiger partial charge >= 0.3 is 5.97 Å². The molecule has 3 N–H and O–H groups in total. The smallest absolute Gasteiger partial charge is 0.306 e. The summed E-state index contributed by atoms with van der Waals surface area (Å²) in [6, 6.07) is 21.1. The van der Waals surface area contributed by atoms with E-state index in [4.69, 9.17) is 23.4 Å². The third-order valence-corrected chi connectivity index (χ3v) is 8.13. The van der Waals surface area contributed by atoms with Crippen LogP contribution in [-0.2, 0) is 22.4 Å². The SMILES string of the molecule is COC(=O)C[C@H](c1ccc(OCCc2ccc3c(c2)CCO3)c(OC)c1)c1c(O)c(O)c(O)c2c(=O)cc(-c3ccccc3)oc12. The number of phenols is 3. The highest BCUT2D eigenvalue weighted by Gasteiger charge is 2.32. The second kappa shape index (κ2) is 12.8. The zero-order valence-electron chi connectivity index (χ0n) is 25.2. The van der Waals surface area contributed by atoms with Gasteiger partial charge in [0.2, 0.25) is 5.75 Å². The van der Waals surface area contributed by atoms with Crippen LogP contribution >= 0.6 is 0 Å². The van der Waals surface area contributed by atoms with E-state index in [-0.39, 0.29) is 28.7 Å². The second-order valence-electron chi connectivity index (χ2n) is 10.9. The van der Waals surface area contributed by atoms with Crippen LogP contribution in [0.25, 0.3) is 22.3 Å². The summed E-state index contributed by atoms with van der Waals surface area (Å²) in [5.41, 5.74) is 2.41. The van der Waals surface area contributed by atoms with Crippen molar-refractivity contribution in [3.8, 4) is 45.8 Å². The topological polar surface area (TPSA) is 145 Å². The molecule has 0 radical (unpaired) electrons. The van der Waals surface area contributed by atoms with Gasteiger partial charge in [-0.15, -0.1) is 0 Å². The van der Waals surface area contributed by atoms with Gasteiger partial charge < -0.3 is 38.7 Å².